The Kier molecular flexibility index (Phi) is 37.7. The number of carbonyl (C=O) groups excluding carboxylic acids is 12. The first-order valence-electron chi connectivity index (χ1n) is 36.7. The zero-order valence-corrected chi connectivity index (χ0v) is 64.3. The first kappa shape index (κ1) is 89.4. The van der Waals surface area contributed by atoms with E-state index in [9.17, 15) is 72.9 Å². The van der Waals surface area contributed by atoms with E-state index in [4.69, 9.17) is 43.6 Å². The lowest BCUT2D eigenvalue weighted by atomic mass is 9.93. The van der Waals surface area contributed by atoms with Gasteiger partial charge >= 0.3 is 6.03 Å². The minimum Gasteiger partial charge on any atom is -0.496 e. The second kappa shape index (κ2) is 46.9. The number of nitrogens with two attached hydrogens (primary N) is 1. The van der Waals surface area contributed by atoms with Crippen LogP contribution >= 0.6 is 11.8 Å². The second-order valence-corrected chi connectivity index (χ2v) is 28.9. The number of imide groups is 1. The highest BCUT2D eigenvalue weighted by Crippen LogP contribution is 2.36. The van der Waals surface area contributed by atoms with E-state index < -0.39 is 182 Å². The summed E-state index contributed by atoms with van der Waals surface area (Å²) in [6.07, 6.45) is 0.704. The van der Waals surface area contributed by atoms with E-state index in [1.54, 1.807) is 36.9 Å². The molecule has 111 heavy (non-hydrogen) atoms. The van der Waals surface area contributed by atoms with Gasteiger partial charge in [0.25, 0.3) is 11.8 Å². The zero-order chi connectivity index (χ0) is 80.4. The molecule has 0 saturated carbocycles. The monoisotopic (exact) mass is 1600 g/mol. The molecule has 13 amide bonds. The van der Waals surface area contributed by atoms with Crippen molar-refractivity contribution in [2.75, 3.05) is 150 Å². The van der Waals surface area contributed by atoms with Crippen molar-refractivity contribution in [3.8, 4) is 5.75 Å². The first-order chi connectivity index (χ1) is 53.4. The molecule has 42 heteroatoms. The molecule has 15 N–H and O–H groups in total. The van der Waals surface area contributed by atoms with Crippen LogP contribution in [-0.2, 0) is 122 Å². The molecular formula is C69H104N16O24S2. The number of nitrogens with one attached hydrogen (secondary N) is 10. The maximum Gasteiger partial charge on any atom is 0.314 e. The van der Waals surface area contributed by atoms with Crippen molar-refractivity contribution in [3.63, 3.8) is 0 Å². The van der Waals surface area contributed by atoms with Gasteiger partial charge in [0, 0.05) is 67.2 Å². The predicted octanol–water partition coefficient (Wildman–Crippen LogP) is -5.47. The summed E-state index contributed by atoms with van der Waals surface area (Å²) in [5.41, 5.74) is 7.07. The van der Waals surface area contributed by atoms with E-state index >= 15 is 4.21 Å². The highest BCUT2D eigenvalue weighted by Gasteiger charge is 2.45. The van der Waals surface area contributed by atoms with Crippen molar-refractivity contribution < 1.29 is 115 Å². The Bertz CT molecular complexity index is 3680. The lowest BCUT2D eigenvalue weighted by Gasteiger charge is -2.32. The highest BCUT2D eigenvalue weighted by atomic mass is 32.2. The molecule has 1 unspecified atom stereocenters. The molecule has 0 radical (unpaired) electrons. The van der Waals surface area contributed by atoms with Crippen molar-refractivity contribution in [2.24, 2.45) is 17.6 Å². The number of urea groups is 1. The summed E-state index contributed by atoms with van der Waals surface area (Å²) >= 11 is 1.48. The number of ether oxygens (including phenoxy) is 8. The van der Waals surface area contributed by atoms with Crippen LogP contribution in [0.5, 0.6) is 5.75 Å². The van der Waals surface area contributed by atoms with Crippen molar-refractivity contribution >= 4 is 104 Å². The third-order valence-electron chi connectivity index (χ3n) is 18.3. The first-order valence-corrected chi connectivity index (χ1v) is 39.1. The maximum absolute atomic E-state index is 15.4. The fourth-order valence-corrected chi connectivity index (χ4v) is 14.4. The van der Waals surface area contributed by atoms with Crippen molar-refractivity contribution in [2.45, 2.75) is 132 Å². The number of carbonyl (C=O) groups is 12. The third-order valence-corrected chi connectivity index (χ3v) is 20.8. The summed E-state index contributed by atoms with van der Waals surface area (Å²) in [6.45, 7) is 7.77. The highest BCUT2D eigenvalue weighted by molar-refractivity contribution is 7.98. The van der Waals surface area contributed by atoms with Crippen LogP contribution < -0.4 is 58.3 Å². The molecule has 1 aromatic carbocycles. The largest absolute Gasteiger partial charge is 0.496 e. The number of nitrogens with zero attached hydrogens (tertiary/aromatic N) is 5. The number of aliphatic hydroxyl groups is 3. The third kappa shape index (κ3) is 28.4. The molecule has 0 spiro atoms. The normalized spacial score (nSPS) is 22.0. The molecule has 6 heterocycles. The average molecular weight is 1610 g/mol. The van der Waals surface area contributed by atoms with Crippen molar-refractivity contribution in [1.82, 2.24) is 77.6 Å². The molecule has 0 aliphatic carbocycles. The van der Waals surface area contributed by atoms with E-state index in [-0.39, 0.29) is 47.9 Å². The average Bonchev–Trinajstić information content (AvgIpc) is 1.62. The van der Waals surface area contributed by atoms with Crippen LogP contribution in [0.4, 0.5) is 4.79 Å². The van der Waals surface area contributed by atoms with Gasteiger partial charge in [-0.05, 0) is 42.2 Å². The Morgan fingerprint density at radius 1 is 0.721 bits per heavy atom. The van der Waals surface area contributed by atoms with Crippen LogP contribution in [0.25, 0.3) is 10.9 Å². The molecule has 1 saturated heterocycles. The quantitative estimate of drug-likeness (QED) is 0.0186. The second-order valence-electron chi connectivity index (χ2n) is 26.4. The lowest BCUT2D eigenvalue weighted by molar-refractivity contribution is -0.144. The van der Waals surface area contributed by atoms with Crippen LogP contribution in [-0.4, -0.2) is 319 Å². The molecule has 40 nitrogen and oxygen atoms in total. The zero-order valence-electron chi connectivity index (χ0n) is 62.6. The summed E-state index contributed by atoms with van der Waals surface area (Å²) in [5.74, 6) is -11.6. The van der Waals surface area contributed by atoms with Crippen molar-refractivity contribution in [3.05, 3.63) is 47.3 Å². The van der Waals surface area contributed by atoms with Crippen LogP contribution in [0.1, 0.15) is 69.7 Å². The number of rotatable bonds is 41. The van der Waals surface area contributed by atoms with E-state index in [1.165, 1.54) is 37.9 Å². The van der Waals surface area contributed by atoms with E-state index in [1.807, 2.05) is 0 Å². The summed E-state index contributed by atoms with van der Waals surface area (Å²) in [4.78, 5) is 169. The SMILES string of the molecule is CC[C@H](C)[C@@H]1NC(=O)CNC(=O)[C@@H]2Cc3c([nH]c4c(CSCCCCNC(=O)NCCOCCOCCOCCOCCOCCOCCOCCn5cc(CN6C(=O)C=CC6=O)nn5)c(OC)ccc34)S(=O)C[C@H](NC(=O)CNC1=O)C(=O)N[C@@H](CC(N)=O)C(=O)N1C[C@H](O)C[C@H]1C(=O)N[C@@H]([C@@H](C)[C@@H](O)CO)C(=O)N2. The molecule has 1 fully saturated rings. The van der Waals surface area contributed by atoms with Gasteiger partial charge in [-0.1, -0.05) is 32.4 Å². The number of aromatic amines is 1. The predicted molar refractivity (Wildman–Crippen MR) is 394 cm³/mol. The number of hydrogen-bond donors (Lipinski definition) is 14. The smallest absolute Gasteiger partial charge is 0.314 e. The summed E-state index contributed by atoms with van der Waals surface area (Å²) in [5, 5.41) is 63.3. The van der Waals surface area contributed by atoms with Crippen LogP contribution in [0.2, 0.25) is 0 Å². The number of primary amides is 1. The number of fused-ring (bicyclic) bond motifs is 5. The molecule has 616 valence electrons. The number of benzene rings is 1. The van der Waals surface area contributed by atoms with Gasteiger partial charge in [0.1, 0.15) is 52.7 Å². The fraction of sp³-hybridized carbons (Fsp3) is 0.652. The Morgan fingerprint density at radius 2 is 1.32 bits per heavy atom. The number of amides is 13. The lowest BCUT2D eigenvalue weighted by Crippen LogP contribution is -2.62. The van der Waals surface area contributed by atoms with Gasteiger partial charge in [-0.15, -0.1) is 5.10 Å². The van der Waals surface area contributed by atoms with Gasteiger partial charge in [0.05, 0.1) is 179 Å². The van der Waals surface area contributed by atoms with E-state index in [2.05, 4.69) is 63.1 Å². The van der Waals surface area contributed by atoms with E-state index in [0.29, 0.717) is 152 Å². The standard InChI is InChI=1S/C69H104N16O24S2/c1-5-41(2)59-65(97)74-33-55(90)75-50-40-111(101)67-46(31-48(62(94)73-34-56(91)78-59)76-66(98)60(42(3)52(88)38-86)79-64(96)51-30-44(87)37-84(51)68(99)49(32-54(70)89)77-63(50)95)45-8-9-53(102-4)47(61(45)80-67)39-110-29-7-6-12-71-69(100)72-13-15-103-17-19-105-21-23-107-25-27-109-28-26-108-24-22-106-20-18-104-16-14-83-35-43(81-82-83)36-85-57(92)10-11-58(85)93/h8-11,35,41-42,44,48-52,59-60,80,86-88H,5-7,12-34,36-40H2,1-4H3,(H2,70,89)(H,73,94)(H,74,97)(H,75,90)(H,76,98)(H,77,95)(H,78,91)(H,79,96)(H2,71,72,100)/t41-,42-,44+,48-,49-,50-,51-,52-,59-,60-,111?/m0/s1. The van der Waals surface area contributed by atoms with Crippen LogP contribution in [0.15, 0.2) is 35.5 Å². The number of unbranched alkanes of at least 4 members (excludes halogenated alkanes) is 1. The molecule has 2 aromatic heterocycles. The minimum absolute atomic E-state index is 0.0567. The Labute approximate surface area is 647 Å². The number of thioether (sulfide) groups is 1. The minimum atomic E-state index is -2.46. The number of hydrogen-bond acceptors (Lipinski definition) is 27. The summed E-state index contributed by atoms with van der Waals surface area (Å²) in [6, 6.07) is -7.40. The Hall–Kier alpha value is -8.82. The molecule has 3 aromatic rings. The Morgan fingerprint density at radius 3 is 1.94 bits per heavy atom. The van der Waals surface area contributed by atoms with Crippen molar-refractivity contribution in [1.29, 1.82) is 0 Å². The topological polar surface area (TPSA) is 544 Å². The number of aliphatic hydroxyl groups excluding tert-OH is 3. The Balaban J connectivity index is 0.878. The van der Waals surface area contributed by atoms with E-state index in [0.717, 1.165) is 9.80 Å². The fourth-order valence-electron chi connectivity index (χ4n) is 12.0. The molecular weight excluding hydrogens is 1500 g/mol. The molecule has 4 aliphatic rings. The number of aromatic nitrogens is 4. The summed E-state index contributed by atoms with van der Waals surface area (Å²) < 4.78 is 61.6. The van der Waals surface area contributed by atoms with Crippen LogP contribution in [0, 0.1) is 11.8 Å². The molecule has 2 bridgehead atoms. The van der Waals surface area contributed by atoms with Gasteiger partial charge in [0.2, 0.25) is 53.2 Å². The molecule has 11 atom stereocenters. The van der Waals surface area contributed by atoms with Gasteiger partial charge in [-0.2, -0.15) is 11.8 Å². The maximum atomic E-state index is 15.4. The van der Waals surface area contributed by atoms with Crippen LogP contribution in [0.3, 0.4) is 0 Å². The van der Waals surface area contributed by atoms with Gasteiger partial charge in [-0.3, -0.25) is 61.8 Å². The van der Waals surface area contributed by atoms with Gasteiger partial charge in [0.15, 0.2) is 0 Å². The van der Waals surface area contributed by atoms with Gasteiger partial charge in [-0.25, -0.2) is 9.48 Å². The number of H-pyrrole nitrogens is 1. The van der Waals surface area contributed by atoms with Gasteiger partial charge < -0.3 is 117 Å². The molecule has 7 rings (SSSR count). The molecule has 4 aliphatic heterocycles. The summed E-state index contributed by atoms with van der Waals surface area (Å²) in [7, 11) is -1.03. The number of methoxy groups -OCH3 is 1.